The summed E-state index contributed by atoms with van der Waals surface area (Å²) in [6.07, 6.45) is -3.30. The Balaban J connectivity index is 1.32. The van der Waals surface area contributed by atoms with Crippen LogP contribution in [0.15, 0.2) is 60.7 Å². The zero-order valence-electron chi connectivity index (χ0n) is 20.2. The van der Waals surface area contributed by atoms with E-state index in [1.54, 1.807) is 12.1 Å². The van der Waals surface area contributed by atoms with Crippen LogP contribution in [0.3, 0.4) is 0 Å². The molecule has 6 heteroatoms. The zero-order chi connectivity index (χ0) is 24.7. The fraction of sp³-hybridized carbons (Fsp3) is 0.379. The summed E-state index contributed by atoms with van der Waals surface area (Å²) in [6, 6.07) is 17.9. The van der Waals surface area contributed by atoms with E-state index in [1.165, 1.54) is 28.8 Å². The molecule has 0 radical (unpaired) electrons. The Hall–Kier alpha value is -2.99. The Labute approximate surface area is 204 Å². The van der Waals surface area contributed by atoms with Gasteiger partial charge in [-0.15, -0.1) is 0 Å². The van der Waals surface area contributed by atoms with Crippen molar-refractivity contribution in [3.8, 4) is 22.6 Å². The van der Waals surface area contributed by atoms with Crippen LogP contribution in [0.5, 0.6) is 11.5 Å². The summed E-state index contributed by atoms with van der Waals surface area (Å²) in [5.41, 5.74) is 5.08. The summed E-state index contributed by atoms with van der Waals surface area (Å²) in [7, 11) is 2.13. The quantitative estimate of drug-likeness (QED) is 0.365. The number of halogens is 3. The van der Waals surface area contributed by atoms with Crippen LogP contribution in [0.4, 0.5) is 13.2 Å². The standard InChI is InChI=1S/C29H30F3NO2/c1-18-19(2)28-24(21-8-10-22(11-9-21)29(30,31)32)5-4-6-25(28)23(18)13-14-33(3)16-20-7-12-26-27(15-20)35-17-34-26/h4-12,15,18-19,23H,13-14,16-17H2,1-3H3/t18-,19?,23?/m1/s1. The zero-order valence-corrected chi connectivity index (χ0v) is 20.2. The Morgan fingerprint density at radius 3 is 2.43 bits per heavy atom. The highest BCUT2D eigenvalue weighted by molar-refractivity contribution is 5.71. The predicted molar refractivity (Wildman–Crippen MR) is 131 cm³/mol. The van der Waals surface area contributed by atoms with Gasteiger partial charge in [0.05, 0.1) is 5.56 Å². The molecule has 3 aromatic carbocycles. The van der Waals surface area contributed by atoms with Crippen LogP contribution in [-0.4, -0.2) is 25.3 Å². The van der Waals surface area contributed by atoms with Gasteiger partial charge < -0.3 is 14.4 Å². The van der Waals surface area contributed by atoms with Crippen molar-refractivity contribution in [2.24, 2.45) is 5.92 Å². The van der Waals surface area contributed by atoms with E-state index in [0.717, 1.165) is 42.1 Å². The van der Waals surface area contributed by atoms with Crippen molar-refractivity contribution < 1.29 is 22.6 Å². The van der Waals surface area contributed by atoms with Gasteiger partial charge in [-0.3, -0.25) is 0 Å². The first-order valence-electron chi connectivity index (χ1n) is 12.1. The van der Waals surface area contributed by atoms with E-state index in [0.29, 0.717) is 17.8 Å². The molecular weight excluding hydrogens is 451 g/mol. The van der Waals surface area contributed by atoms with Gasteiger partial charge in [-0.25, -0.2) is 0 Å². The molecule has 1 aliphatic carbocycles. The van der Waals surface area contributed by atoms with Gasteiger partial charge in [-0.1, -0.05) is 50.2 Å². The fourth-order valence-electron chi connectivity index (χ4n) is 5.61. The summed E-state index contributed by atoms with van der Waals surface area (Å²) in [5.74, 6) is 2.81. The van der Waals surface area contributed by atoms with Crippen molar-refractivity contribution in [2.45, 2.75) is 44.8 Å². The number of rotatable bonds is 6. The average Bonchev–Trinajstić information content (AvgIpc) is 3.39. The first-order chi connectivity index (χ1) is 16.7. The van der Waals surface area contributed by atoms with Crippen molar-refractivity contribution in [1.82, 2.24) is 4.90 Å². The van der Waals surface area contributed by atoms with Crippen molar-refractivity contribution in [3.63, 3.8) is 0 Å². The number of fused-ring (bicyclic) bond motifs is 2. The van der Waals surface area contributed by atoms with E-state index in [4.69, 9.17) is 9.47 Å². The van der Waals surface area contributed by atoms with Crippen LogP contribution in [0.25, 0.3) is 11.1 Å². The van der Waals surface area contributed by atoms with Gasteiger partial charge >= 0.3 is 6.18 Å². The Bertz CT molecular complexity index is 1210. The van der Waals surface area contributed by atoms with Gasteiger partial charge in [-0.05, 0) is 89.8 Å². The van der Waals surface area contributed by atoms with E-state index in [-0.39, 0.29) is 6.79 Å². The predicted octanol–water partition coefficient (Wildman–Crippen LogP) is 7.46. The van der Waals surface area contributed by atoms with Gasteiger partial charge in [0, 0.05) is 6.54 Å². The van der Waals surface area contributed by atoms with Crippen LogP contribution in [-0.2, 0) is 12.7 Å². The molecule has 1 aliphatic heterocycles. The maximum absolute atomic E-state index is 13.0. The number of benzene rings is 3. The molecule has 0 saturated carbocycles. The molecule has 3 nitrogen and oxygen atoms in total. The molecule has 0 amide bonds. The minimum absolute atomic E-state index is 0.278. The van der Waals surface area contributed by atoms with Gasteiger partial charge in [0.2, 0.25) is 6.79 Å². The van der Waals surface area contributed by atoms with Gasteiger partial charge in [-0.2, -0.15) is 13.2 Å². The third-order valence-electron chi connectivity index (χ3n) is 7.65. The summed E-state index contributed by atoms with van der Waals surface area (Å²) in [4.78, 5) is 2.33. The number of ether oxygens (including phenoxy) is 2. The van der Waals surface area contributed by atoms with Crippen LogP contribution in [0.1, 0.15) is 54.4 Å². The van der Waals surface area contributed by atoms with Crippen LogP contribution >= 0.6 is 0 Å². The molecule has 0 fully saturated rings. The number of hydrogen-bond acceptors (Lipinski definition) is 3. The summed E-state index contributed by atoms with van der Waals surface area (Å²) in [5, 5.41) is 0. The van der Waals surface area contributed by atoms with E-state index in [1.807, 2.05) is 24.3 Å². The minimum atomic E-state index is -4.32. The molecule has 0 aromatic heterocycles. The maximum Gasteiger partial charge on any atom is 0.416 e. The summed E-state index contributed by atoms with van der Waals surface area (Å²) >= 11 is 0. The molecule has 35 heavy (non-hydrogen) atoms. The second-order valence-corrected chi connectivity index (χ2v) is 9.85. The van der Waals surface area contributed by atoms with Gasteiger partial charge in [0.1, 0.15) is 0 Å². The number of hydrogen-bond donors (Lipinski definition) is 0. The SMILES string of the molecule is CC1c2c(-c3ccc(C(F)(F)F)cc3)cccc2C(CCN(C)Cc2ccc3c(c2)OCO3)[C@@H]1C. The Morgan fingerprint density at radius 2 is 1.69 bits per heavy atom. The normalized spacial score (nSPS) is 20.9. The lowest BCUT2D eigenvalue weighted by molar-refractivity contribution is -0.137. The smallest absolute Gasteiger partial charge is 0.416 e. The lowest BCUT2D eigenvalue weighted by atomic mass is 9.87. The van der Waals surface area contributed by atoms with Crippen molar-refractivity contribution in [3.05, 3.63) is 82.9 Å². The Morgan fingerprint density at radius 1 is 0.943 bits per heavy atom. The first kappa shape index (κ1) is 23.7. The highest BCUT2D eigenvalue weighted by Crippen LogP contribution is 2.51. The van der Waals surface area contributed by atoms with E-state index in [2.05, 4.69) is 37.9 Å². The molecule has 2 unspecified atom stereocenters. The van der Waals surface area contributed by atoms with Crippen LogP contribution < -0.4 is 9.47 Å². The maximum atomic E-state index is 13.0. The van der Waals surface area contributed by atoms with Crippen LogP contribution in [0, 0.1) is 5.92 Å². The molecule has 0 spiro atoms. The molecule has 0 saturated heterocycles. The highest BCUT2D eigenvalue weighted by Gasteiger charge is 2.37. The van der Waals surface area contributed by atoms with Crippen molar-refractivity contribution >= 4 is 0 Å². The highest BCUT2D eigenvalue weighted by atomic mass is 19.4. The first-order valence-corrected chi connectivity index (χ1v) is 12.1. The summed E-state index contributed by atoms with van der Waals surface area (Å²) in [6.45, 7) is 6.59. The number of alkyl halides is 3. The molecule has 5 rings (SSSR count). The Kier molecular flexibility index (Phi) is 6.26. The molecule has 2 aliphatic rings. The fourth-order valence-corrected chi connectivity index (χ4v) is 5.61. The van der Waals surface area contributed by atoms with Crippen LogP contribution in [0.2, 0.25) is 0 Å². The molecule has 184 valence electrons. The van der Waals surface area contributed by atoms with Gasteiger partial charge in [0.15, 0.2) is 11.5 Å². The topological polar surface area (TPSA) is 21.7 Å². The average molecular weight is 482 g/mol. The summed E-state index contributed by atoms with van der Waals surface area (Å²) < 4.78 is 50.0. The molecule has 0 bridgehead atoms. The van der Waals surface area contributed by atoms with Gasteiger partial charge in [0.25, 0.3) is 0 Å². The van der Waals surface area contributed by atoms with Crippen molar-refractivity contribution in [2.75, 3.05) is 20.4 Å². The van der Waals surface area contributed by atoms with Crippen molar-refractivity contribution in [1.29, 1.82) is 0 Å². The lowest BCUT2D eigenvalue weighted by Gasteiger charge is -2.23. The van der Waals surface area contributed by atoms with E-state index in [9.17, 15) is 13.2 Å². The third kappa shape index (κ3) is 4.64. The second kappa shape index (κ2) is 9.23. The molecule has 3 aromatic rings. The third-order valence-corrected chi connectivity index (χ3v) is 7.65. The lowest BCUT2D eigenvalue weighted by Crippen LogP contribution is -2.22. The molecule has 3 atom stereocenters. The van der Waals surface area contributed by atoms with E-state index < -0.39 is 11.7 Å². The molecule has 1 heterocycles. The van der Waals surface area contributed by atoms with E-state index >= 15 is 0 Å². The number of nitrogens with zero attached hydrogens (tertiary/aromatic N) is 1. The monoisotopic (exact) mass is 481 g/mol. The second-order valence-electron chi connectivity index (χ2n) is 9.85. The molecule has 0 N–H and O–H groups in total. The minimum Gasteiger partial charge on any atom is -0.454 e. The molecular formula is C29H30F3NO2. The largest absolute Gasteiger partial charge is 0.454 e.